The third-order valence-electron chi connectivity index (χ3n) is 4.09. The Bertz CT molecular complexity index is 667. The van der Waals surface area contributed by atoms with E-state index in [1.165, 1.54) is 0 Å². The van der Waals surface area contributed by atoms with Gasteiger partial charge in [0.25, 0.3) is 5.91 Å². The lowest BCUT2D eigenvalue weighted by Crippen LogP contribution is -2.39. The number of carbonyl (C=O) groups is 1. The molecule has 0 saturated carbocycles. The number of carbonyl (C=O) groups excluding carboxylic acids is 1. The van der Waals surface area contributed by atoms with E-state index in [2.05, 4.69) is 4.99 Å². The van der Waals surface area contributed by atoms with E-state index in [4.69, 9.17) is 10.5 Å². The molecule has 0 radical (unpaired) electrons. The first-order valence-corrected chi connectivity index (χ1v) is 8.64. The number of amidine groups is 1. The topological polar surface area (TPSA) is 71.2 Å². The second-order valence-corrected chi connectivity index (χ2v) is 5.57. The Hall–Kier alpha value is -2.34. The van der Waals surface area contributed by atoms with Crippen LogP contribution in [-0.4, -0.2) is 48.5 Å². The smallest absolute Gasteiger partial charge is 0.296 e. The van der Waals surface area contributed by atoms with Gasteiger partial charge in [-0.15, -0.1) is 0 Å². The van der Waals surface area contributed by atoms with Crippen molar-refractivity contribution in [3.8, 4) is 5.75 Å². The third-order valence-corrected chi connectivity index (χ3v) is 4.09. The number of hydrogen-bond acceptors (Lipinski definition) is 4. The van der Waals surface area contributed by atoms with Crippen LogP contribution in [0.5, 0.6) is 5.75 Å². The van der Waals surface area contributed by atoms with Crippen molar-refractivity contribution in [1.29, 1.82) is 0 Å². The standard InChI is InChI=1S/C17H24N4O2.C2H6/c1-6-21-14(9-12(3)20(21)4)17(22)19-16(18)13-8-7-11(2)15(10-13)23-5;1-2/h7-10,12H,6H2,1-5H3,(H2,18,19,22);1-2H3. The summed E-state index contributed by atoms with van der Waals surface area (Å²) in [6, 6.07) is 5.67. The molecule has 1 atom stereocenters. The van der Waals surface area contributed by atoms with E-state index < -0.39 is 0 Å². The fourth-order valence-corrected chi connectivity index (χ4v) is 2.60. The number of amides is 1. The Labute approximate surface area is 150 Å². The van der Waals surface area contributed by atoms with Gasteiger partial charge in [-0.05, 0) is 38.5 Å². The lowest BCUT2D eigenvalue weighted by Gasteiger charge is -2.29. The van der Waals surface area contributed by atoms with Crippen LogP contribution in [0.25, 0.3) is 0 Å². The second-order valence-electron chi connectivity index (χ2n) is 5.57. The van der Waals surface area contributed by atoms with Gasteiger partial charge < -0.3 is 15.5 Å². The Morgan fingerprint density at radius 2 is 2.00 bits per heavy atom. The first-order valence-electron chi connectivity index (χ1n) is 8.64. The van der Waals surface area contributed by atoms with Crippen molar-refractivity contribution in [3.63, 3.8) is 0 Å². The first kappa shape index (κ1) is 20.7. The second kappa shape index (κ2) is 9.22. The molecule has 0 saturated heterocycles. The van der Waals surface area contributed by atoms with Crippen molar-refractivity contribution in [2.45, 2.75) is 40.7 Å². The Morgan fingerprint density at radius 1 is 1.36 bits per heavy atom. The van der Waals surface area contributed by atoms with Crippen LogP contribution in [0.3, 0.4) is 0 Å². The van der Waals surface area contributed by atoms with Crippen LogP contribution in [0.15, 0.2) is 35.0 Å². The van der Waals surface area contributed by atoms with E-state index in [0.29, 0.717) is 17.8 Å². The Balaban J connectivity index is 0.00000151. The van der Waals surface area contributed by atoms with Crippen LogP contribution in [0.4, 0.5) is 0 Å². The normalized spacial score (nSPS) is 17.7. The van der Waals surface area contributed by atoms with Gasteiger partial charge in [-0.1, -0.05) is 26.0 Å². The van der Waals surface area contributed by atoms with E-state index in [-0.39, 0.29) is 17.8 Å². The van der Waals surface area contributed by atoms with Crippen LogP contribution in [0, 0.1) is 6.92 Å². The Morgan fingerprint density at radius 3 is 2.56 bits per heavy atom. The van der Waals surface area contributed by atoms with Crippen molar-refractivity contribution in [1.82, 2.24) is 10.0 Å². The highest BCUT2D eigenvalue weighted by atomic mass is 16.5. The number of rotatable bonds is 4. The molecule has 25 heavy (non-hydrogen) atoms. The van der Waals surface area contributed by atoms with E-state index in [9.17, 15) is 4.79 Å². The van der Waals surface area contributed by atoms with Gasteiger partial charge in [0.1, 0.15) is 17.3 Å². The number of nitrogens with two attached hydrogens (primary N) is 1. The van der Waals surface area contributed by atoms with Gasteiger partial charge in [0, 0.05) is 25.2 Å². The van der Waals surface area contributed by atoms with Crippen molar-refractivity contribution < 1.29 is 9.53 Å². The molecule has 1 aliphatic rings. The largest absolute Gasteiger partial charge is 0.496 e. The monoisotopic (exact) mass is 346 g/mol. The van der Waals surface area contributed by atoms with E-state index in [1.807, 2.05) is 69.9 Å². The number of hydrogen-bond donors (Lipinski definition) is 1. The molecule has 6 heteroatoms. The number of aryl methyl sites for hydroxylation is 1. The molecule has 1 aromatic carbocycles. The zero-order chi connectivity index (χ0) is 19.1. The summed E-state index contributed by atoms with van der Waals surface area (Å²) in [7, 11) is 3.55. The van der Waals surface area contributed by atoms with Crippen LogP contribution in [0.2, 0.25) is 0 Å². The molecule has 0 aromatic heterocycles. The minimum atomic E-state index is -0.333. The van der Waals surface area contributed by atoms with Gasteiger partial charge in [-0.2, -0.15) is 4.99 Å². The first-order chi connectivity index (χ1) is 11.9. The summed E-state index contributed by atoms with van der Waals surface area (Å²) < 4.78 is 5.28. The average molecular weight is 346 g/mol. The van der Waals surface area contributed by atoms with Crippen molar-refractivity contribution in [2.75, 3.05) is 20.7 Å². The number of likely N-dealkylation sites (N-methyl/N-ethyl adjacent to an activating group) is 2. The average Bonchev–Trinajstić information content (AvgIpc) is 2.91. The summed E-state index contributed by atoms with van der Waals surface area (Å²) in [5.41, 5.74) is 8.24. The molecule has 0 spiro atoms. The molecular formula is C19H30N4O2. The molecule has 1 amide bonds. The maximum Gasteiger partial charge on any atom is 0.296 e. The molecule has 138 valence electrons. The van der Waals surface area contributed by atoms with E-state index >= 15 is 0 Å². The molecule has 1 aliphatic heterocycles. The predicted molar refractivity (Wildman–Crippen MR) is 102 cm³/mol. The number of aliphatic imine (C=N–C) groups is 1. The van der Waals surface area contributed by atoms with Gasteiger partial charge >= 0.3 is 0 Å². The quantitative estimate of drug-likeness (QED) is 0.670. The van der Waals surface area contributed by atoms with Crippen LogP contribution in [-0.2, 0) is 4.79 Å². The number of ether oxygens (including phenoxy) is 1. The highest BCUT2D eigenvalue weighted by Gasteiger charge is 2.29. The fourth-order valence-electron chi connectivity index (χ4n) is 2.60. The van der Waals surface area contributed by atoms with Crippen LogP contribution < -0.4 is 10.5 Å². The molecule has 2 rings (SSSR count). The van der Waals surface area contributed by atoms with Crippen LogP contribution >= 0.6 is 0 Å². The number of nitrogens with zero attached hydrogens (tertiary/aromatic N) is 3. The number of methoxy groups -OCH3 is 1. The van der Waals surface area contributed by atoms with Crippen LogP contribution in [0.1, 0.15) is 38.8 Å². The SMILES string of the molecule is CC.CCN1C(C(=O)N=C(N)c2ccc(C)c(OC)c2)=CC(C)N1C. The number of hydrazine groups is 1. The summed E-state index contributed by atoms with van der Waals surface area (Å²) in [5, 5.41) is 3.91. The highest BCUT2D eigenvalue weighted by Crippen LogP contribution is 2.22. The molecular weight excluding hydrogens is 316 g/mol. The molecule has 6 nitrogen and oxygen atoms in total. The van der Waals surface area contributed by atoms with Crippen molar-refractivity contribution in [3.05, 3.63) is 41.1 Å². The molecule has 1 unspecified atom stereocenters. The molecule has 1 aromatic rings. The fraction of sp³-hybridized carbons (Fsp3) is 0.474. The molecule has 0 bridgehead atoms. The van der Waals surface area contributed by atoms with Gasteiger partial charge in [-0.3, -0.25) is 4.79 Å². The van der Waals surface area contributed by atoms with Gasteiger partial charge in [-0.25, -0.2) is 5.01 Å². The van der Waals surface area contributed by atoms with E-state index in [1.54, 1.807) is 13.2 Å². The zero-order valence-corrected chi connectivity index (χ0v) is 16.3. The van der Waals surface area contributed by atoms with Crippen molar-refractivity contribution >= 4 is 11.7 Å². The summed E-state index contributed by atoms with van der Waals surface area (Å²) in [5.74, 6) is 0.573. The predicted octanol–water partition coefficient (Wildman–Crippen LogP) is 2.72. The summed E-state index contributed by atoms with van der Waals surface area (Å²) >= 11 is 0. The summed E-state index contributed by atoms with van der Waals surface area (Å²) in [4.78, 5) is 16.5. The minimum absolute atomic E-state index is 0.157. The highest BCUT2D eigenvalue weighted by molar-refractivity contribution is 6.08. The lowest BCUT2D eigenvalue weighted by molar-refractivity contribution is -0.117. The maximum atomic E-state index is 12.5. The molecule has 2 N–H and O–H groups in total. The lowest BCUT2D eigenvalue weighted by atomic mass is 10.1. The molecule has 0 fully saturated rings. The van der Waals surface area contributed by atoms with Gasteiger partial charge in [0.15, 0.2) is 0 Å². The van der Waals surface area contributed by atoms with Gasteiger partial charge in [0.2, 0.25) is 0 Å². The Kier molecular flexibility index (Phi) is 7.64. The zero-order valence-electron chi connectivity index (χ0n) is 16.3. The van der Waals surface area contributed by atoms with Gasteiger partial charge in [0.05, 0.1) is 7.11 Å². The third kappa shape index (κ3) is 4.60. The molecule has 1 heterocycles. The molecule has 0 aliphatic carbocycles. The van der Waals surface area contributed by atoms with E-state index in [0.717, 1.165) is 11.3 Å². The summed E-state index contributed by atoms with van der Waals surface area (Å²) in [6.07, 6.45) is 1.90. The minimum Gasteiger partial charge on any atom is -0.496 e. The maximum absolute atomic E-state index is 12.5. The number of benzene rings is 1. The van der Waals surface area contributed by atoms with Crippen molar-refractivity contribution in [2.24, 2.45) is 10.7 Å². The summed E-state index contributed by atoms with van der Waals surface area (Å²) in [6.45, 7) is 10.7.